The molecule has 1 N–H and O–H groups in total. The van der Waals surface area contributed by atoms with Gasteiger partial charge < -0.3 is 10.1 Å². The molecule has 0 saturated heterocycles. The van der Waals surface area contributed by atoms with Crippen LogP contribution in [0.4, 0.5) is 5.69 Å². The number of carbonyl (C=O) groups excluding carboxylic acids is 1. The number of halogens is 2. The molecular formula is C16H13Cl2N3O2S. The Morgan fingerprint density at radius 3 is 2.83 bits per heavy atom. The SMILES string of the molecule is Cc1sc2ncnc(OCC(=O)Nc3ccc(Cl)cc3Cl)c2c1C. The molecule has 0 atom stereocenters. The van der Waals surface area contributed by atoms with Crippen molar-refractivity contribution in [1.82, 2.24) is 9.97 Å². The summed E-state index contributed by atoms with van der Waals surface area (Å²) in [4.78, 5) is 22.4. The number of benzene rings is 1. The lowest BCUT2D eigenvalue weighted by Gasteiger charge is -2.09. The molecule has 1 amide bonds. The molecule has 0 aliphatic heterocycles. The van der Waals surface area contributed by atoms with Gasteiger partial charge in [0.2, 0.25) is 5.88 Å². The van der Waals surface area contributed by atoms with Crippen molar-refractivity contribution in [3.63, 3.8) is 0 Å². The van der Waals surface area contributed by atoms with E-state index in [1.165, 1.54) is 6.33 Å². The number of hydrogen-bond donors (Lipinski definition) is 1. The monoisotopic (exact) mass is 381 g/mol. The minimum Gasteiger partial charge on any atom is -0.467 e. The van der Waals surface area contributed by atoms with E-state index >= 15 is 0 Å². The zero-order valence-electron chi connectivity index (χ0n) is 12.9. The first-order chi connectivity index (χ1) is 11.5. The summed E-state index contributed by atoms with van der Waals surface area (Å²) >= 11 is 13.4. The van der Waals surface area contributed by atoms with Gasteiger partial charge in [0.1, 0.15) is 11.2 Å². The van der Waals surface area contributed by atoms with E-state index in [0.717, 1.165) is 20.7 Å². The maximum absolute atomic E-state index is 12.1. The third-order valence-corrected chi connectivity index (χ3v) is 5.14. The molecule has 2 aromatic heterocycles. The van der Waals surface area contributed by atoms with Crippen LogP contribution in [0.2, 0.25) is 10.0 Å². The smallest absolute Gasteiger partial charge is 0.262 e. The van der Waals surface area contributed by atoms with Crippen molar-refractivity contribution in [2.75, 3.05) is 11.9 Å². The van der Waals surface area contributed by atoms with Gasteiger partial charge in [0, 0.05) is 9.90 Å². The summed E-state index contributed by atoms with van der Waals surface area (Å²) in [5, 5.41) is 4.39. The lowest BCUT2D eigenvalue weighted by atomic mass is 10.2. The number of hydrogen-bond acceptors (Lipinski definition) is 5. The number of fused-ring (bicyclic) bond motifs is 1. The van der Waals surface area contributed by atoms with E-state index in [0.29, 0.717) is 21.6 Å². The Bertz CT molecular complexity index is 927. The van der Waals surface area contributed by atoms with Gasteiger partial charge in [-0.3, -0.25) is 4.79 Å². The first-order valence-electron chi connectivity index (χ1n) is 7.04. The molecule has 0 unspecified atom stereocenters. The number of aryl methyl sites for hydroxylation is 2. The van der Waals surface area contributed by atoms with E-state index in [4.69, 9.17) is 27.9 Å². The number of nitrogens with zero attached hydrogens (tertiary/aromatic N) is 2. The number of aromatic nitrogens is 2. The lowest BCUT2D eigenvalue weighted by Crippen LogP contribution is -2.20. The fourth-order valence-corrected chi connectivity index (χ4v) is 3.61. The van der Waals surface area contributed by atoms with Gasteiger partial charge in [-0.1, -0.05) is 23.2 Å². The van der Waals surface area contributed by atoms with E-state index in [1.54, 1.807) is 29.5 Å². The van der Waals surface area contributed by atoms with E-state index in [-0.39, 0.29) is 12.5 Å². The minimum atomic E-state index is -0.337. The summed E-state index contributed by atoms with van der Waals surface area (Å²) in [6.07, 6.45) is 1.43. The fraction of sp³-hybridized carbons (Fsp3) is 0.188. The molecule has 0 bridgehead atoms. The highest BCUT2D eigenvalue weighted by Gasteiger charge is 2.14. The van der Waals surface area contributed by atoms with Gasteiger partial charge in [0.05, 0.1) is 16.1 Å². The summed E-state index contributed by atoms with van der Waals surface area (Å²) in [5.74, 6) is 0.0646. The average molecular weight is 382 g/mol. The number of rotatable bonds is 4. The number of ether oxygens (including phenoxy) is 1. The zero-order chi connectivity index (χ0) is 17.3. The van der Waals surface area contributed by atoms with Crippen molar-refractivity contribution in [1.29, 1.82) is 0 Å². The molecule has 5 nitrogen and oxygen atoms in total. The Morgan fingerprint density at radius 2 is 2.08 bits per heavy atom. The molecular weight excluding hydrogens is 369 g/mol. The van der Waals surface area contributed by atoms with Gasteiger partial charge in [-0.25, -0.2) is 9.97 Å². The van der Waals surface area contributed by atoms with Crippen LogP contribution in [0.1, 0.15) is 10.4 Å². The van der Waals surface area contributed by atoms with Crippen LogP contribution >= 0.6 is 34.5 Å². The summed E-state index contributed by atoms with van der Waals surface area (Å²) < 4.78 is 5.59. The summed E-state index contributed by atoms with van der Waals surface area (Å²) in [6.45, 7) is 3.82. The van der Waals surface area contributed by atoms with Crippen molar-refractivity contribution in [3.8, 4) is 5.88 Å². The fourth-order valence-electron chi connectivity index (χ4n) is 2.17. The molecule has 0 radical (unpaired) electrons. The normalized spacial score (nSPS) is 10.8. The predicted octanol–water partition coefficient (Wildman–Crippen LogP) is 4.63. The second-order valence-corrected chi connectivity index (χ2v) is 7.15. The topological polar surface area (TPSA) is 64.1 Å². The van der Waals surface area contributed by atoms with Crippen LogP contribution in [0, 0.1) is 13.8 Å². The van der Waals surface area contributed by atoms with Crippen LogP contribution in [0.25, 0.3) is 10.2 Å². The van der Waals surface area contributed by atoms with Crippen molar-refractivity contribution < 1.29 is 9.53 Å². The van der Waals surface area contributed by atoms with Crippen LogP contribution in [0.3, 0.4) is 0 Å². The molecule has 24 heavy (non-hydrogen) atoms. The molecule has 3 rings (SSSR count). The number of nitrogens with one attached hydrogen (secondary N) is 1. The third kappa shape index (κ3) is 3.45. The molecule has 124 valence electrons. The number of thiophene rings is 1. The molecule has 0 aliphatic rings. The summed E-state index contributed by atoms with van der Waals surface area (Å²) in [7, 11) is 0. The molecule has 0 spiro atoms. The molecule has 0 fully saturated rings. The highest BCUT2D eigenvalue weighted by atomic mass is 35.5. The highest BCUT2D eigenvalue weighted by molar-refractivity contribution is 7.18. The van der Waals surface area contributed by atoms with Crippen LogP contribution in [0.15, 0.2) is 24.5 Å². The van der Waals surface area contributed by atoms with Gasteiger partial charge in [-0.2, -0.15) is 0 Å². The van der Waals surface area contributed by atoms with Gasteiger partial charge in [-0.15, -0.1) is 11.3 Å². The van der Waals surface area contributed by atoms with Crippen LogP contribution in [-0.2, 0) is 4.79 Å². The highest BCUT2D eigenvalue weighted by Crippen LogP contribution is 2.33. The Morgan fingerprint density at radius 1 is 1.29 bits per heavy atom. The molecule has 0 saturated carbocycles. The first-order valence-corrected chi connectivity index (χ1v) is 8.61. The standard InChI is InChI=1S/C16H13Cl2N3O2S/c1-8-9(2)24-16-14(8)15(19-7-20-16)23-6-13(22)21-12-4-3-10(17)5-11(12)18/h3-5,7H,6H2,1-2H3,(H,21,22). The second-order valence-electron chi connectivity index (χ2n) is 5.10. The van der Waals surface area contributed by atoms with Crippen molar-refractivity contribution in [2.45, 2.75) is 13.8 Å². The van der Waals surface area contributed by atoms with Crippen molar-refractivity contribution >= 4 is 56.3 Å². The van der Waals surface area contributed by atoms with Gasteiger partial charge in [0.15, 0.2) is 6.61 Å². The summed E-state index contributed by atoms with van der Waals surface area (Å²) in [5.41, 5.74) is 1.54. The molecule has 3 aromatic rings. The zero-order valence-corrected chi connectivity index (χ0v) is 15.2. The Kier molecular flexibility index (Phi) is 4.89. The largest absolute Gasteiger partial charge is 0.467 e. The van der Waals surface area contributed by atoms with E-state index in [1.807, 2.05) is 13.8 Å². The van der Waals surface area contributed by atoms with Crippen LogP contribution in [0.5, 0.6) is 5.88 Å². The van der Waals surface area contributed by atoms with E-state index < -0.39 is 0 Å². The quantitative estimate of drug-likeness (QED) is 0.715. The second kappa shape index (κ2) is 6.93. The number of anilines is 1. The molecule has 1 aromatic carbocycles. The maximum atomic E-state index is 12.1. The molecule has 8 heteroatoms. The lowest BCUT2D eigenvalue weighted by molar-refractivity contribution is -0.118. The Hall–Kier alpha value is -1.89. The van der Waals surface area contributed by atoms with Crippen molar-refractivity contribution in [3.05, 3.63) is 45.0 Å². The van der Waals surface area contributed by atoms with Crippen molar-refractivity contribution in [2.24, 2.45) is 0 Å². The van der Waals surface area contributed by atoms with E-state index in [2.05, 4.69) is 15.3 Å². The first kappa shape index (κ1) is 17.0. The number of amides is 1. The average Bonchev–Trinajstić information content (AvgIpc) is 2.83. The maximum Gasteiger partial charge on any atom is 0.262 e. The number of carbonyl (C=O) groups is 1. The Balaban J connectivity index is 1.73. The molecule has 0 aliphatic carbocycles. The predicted molar refractivity (Wildman–Crippen MR) is 97.5 cm³/mol. The molecule has 2 heterocycles. The van der Waals surface area contributed by atoms with Gasteiger partial charge >= 0.3 is 0 Å². The van der Waals surface area contributed by atoms with Crippen LogP contribution in [-0.4, -0.2) is 22.5 Å². The van der Waals surface area contributed by atoms with Crippen LogP contribution < -0.4 is 10.1 Å². The Labute approximate surface area is 152 Å². The van der Waals surface area contributed by atoms with Gasteiger partial charge in [-0.05, 0) is 37.6 Å². The minimum absolute atomic E-state index is 0.181. The summed E-state index contributed by atoms with van der Waals surface area (Å²) in [6, 6.07) is 4.85. The van der Waals surface area contributed by atoms with E-state index in [9.17, 15) is 4.79 Å². The third-order valence-electron chi connectivity index (χ3n) is 3.48. The van der Waals surface area contributed by atoms with Gasteiger partial charge in [0.25, 0.3) is 5.91 Å².